The summed E-state index contributed by atoms with van der Waals surface area (Å²) in [4.78, 5) is 16.8. The molecule has 1 heterocycles. The summed E-state index contributed by atoms with van der Waals surface area (Å²) in [5.74, 6) is 1.50. The summed E-state index contributed by atoms with van der Waals surface area (Å²) in [6.07, 6.45) is 5.86. The minimum absolute atomic E-state index is 0.00859. The lowest BCUT2D eigenvalue weighted by Gasteiger charge is -2.11. The molecule has 2 aliphatic rings. The van der Waals surface area contributed by atoms with Crippen LogP contribution < -0.4 is 5.32 Å². The number of aryl methyl sites for hydroxylation is 2. The second kappa shape index (κ2) is 6.00. The van der Waals surface area contributed by atoms with Gasteiger partial charge in [0, 0.05) is 11.6 Å². The largest absolute Gasteiger partial charge is 0.325 e. The third-order valence-corrected chi connectivity index (χ3v) is 5.42. The van der Waals surface area contributed by atoms with Crippen LogP contribution in [0.25, 0.3) is 0 Å². The molecular formula is C17H20N4OS. The van der Waals surface area contributed by atoms with Gasteiger partial charge >= 0.3 is 0 Å². The number of amides is 1. The Kier molecular flexibility index (Phi) is 3.85. The number of benzene rings is 1. The Bertz CT molecular complexity index is 738. The topological polar surface area (TPSA) is 70.7 Å². The number of aromatic nitrogens is 3. The van der Waals surface area contributed by atoms with E-state index in [0.29, 0.717) is 11.1 Å². The molecule has 1 fully saturated rings. The number of carbonyl (C=O) groups is 1. The van der Waals surface area contributed by atoms with Crippen molar-refractivity contribution in [2.24, 2.45) is 0 Å². The van der Waals surface area contributed by atoms with E-state index < -0.39 is 0 Å². The molecule has 0 radical (unpaired) electrons. The first-order valence-corrected chi connectivity index (χ1v) is 9.08. The van der Waals surface area contributed by atoms with Gasteiger partial charge in [-0.15, -0.1) is 5.10 Å². The second-order valence-electron chi connectivity index (χ2n) is 6.36. The van der Waals surface area contributed by atoms with Crippen LogP contribution in [-0.2, 0) is 17.6 Å². The lowest BCUT2D eigenvalue weighted by molar-refractivity contribution is -0.115. The summed E-state index contributed by atoms with van der Waals surface area (Å²) in [6.45, 7) is 1.89. The average Bonchev–Trinajstić information content (AvgIpc) is 3.11. The zero-order chi connectivity index (χ0) is 15.8. The molecule has 0 aliphatic heterocycles. The van der Waals surface area contributed by atoms with E-state index in [1.807, 2.05) is 13.0 Å². The van der Waals surface area contributed by atoms with Crippen LogP contribution in [0.4, 0.5) is 5.69 Å². The number of fused-ring (bicyclic) bond motifs is 1. The fourth-order valence-electron chi connectivity index (χ4n) is 2.96. The first kappa shape index (κ1) is 14.8. The van der Waals surface area contributed by atoms with E-state index in [2.05, 4.69) is 32.6 Å². The molecule has 0 unspecified atom stereocenters. The van der Waals surface area contributed by atoms with Crippen molar-refractivity contribution >= 4 is 23.4 Å². The summed E-state index contributed by atoms with van der Waals surface area (Å²) >= 11 is 1.40. The Balaban J connectivity index is 1.37. The van der Waals surface area contributed by atoms with Gasteiger partial charge in [-0.1, -0.05) is 17.8 Å². The van der Waals surface area contributed by atoms with E-state index >= 15 is 0 Å². The van der Waals surface area contributed by atoms with Gasteiger partial charge in [0.2, 0.25) is 11.1 Å². The van der Waals surface area contributed by atoms with Crippen LogP contribution in [0.3, 0.4) is 0 Å². The summed E-state index contributed by atoms with van der Waals surface area (Å²) < 4.78 is 0. The number of nitrogens with one attached hydrogen (secondary N) is 2. The Morgan fingerprint density at radius 1 is 1.35 bits per heavy atom. The van der Waals surface area contributed by atoms with Crippen molar-refractivity contribution in [3.63, 3.8) is 0 Å². The quantitative estimate of drug-likeness (QED) is 0.826. The second-order valence-corrected chi connectivity index (χ2v) is 7.67. The highest BCUT2D eigenvalue weighted by molar-refractivity contribution is 8.00. The molecule has 0 spiro atoms. The number of hydrogen-bond acceptors (Lipinski definition) is 4. The summed E-state index contributed by atoms with van der Waals surface area (Å²) in [5, 5.41) is 10.6. The van der Waals surface area contributed by atoms with Gasteiger partial charge in [0.1, 0.15) is 5.82 Å². The highest BCUT2D eigenvalue weighted by atomic mass is 32.2. The van der Waals surface area contributed by atoms with Crippen molar-refractivity contribution in [1.29, 1.82) is 0 Å². The Hall–Kier alpha value is -1.82. The van der Waals surface area contributed by atoms with Gasteiger partial charge in [-0.05, 0) is 62.3 Å². The van der Waals surface area contributed by atoms with Crippen molar-refractivity contribution < 1.29 is 4.79 Å². The highest BCUT2D eigenvalue weighted by Gasteiger charge is 2.28. The highest BCUT2D eigenvalue weighted by Crippen LogP contribution is 2.38. The molecule has 1 atom stereocenters. The Morgan fingerprint density at radius 2 is 2.17 bits per heavy atom. The van der Waals surface area contributed by atoms with Gasteiger partial charge in [-0.3, -0.25) is 9.89 Å². The Labute approximate surface area is 139 Å². The fraction of sp³-hybridized carbons (Fsp3) is 0.471. The Morgan fingerprint density at radius 3 is 3.00 bits per heavy atom. The van der Waals surface area contributed by atoms with Crippen LogP contribution in [0.5, 0.6) is 0 Å². The molecule has 2 N–H and O–H groups in total. The normalized spacial score (nSPS) is 17.8. The van der Waals surface area contributed by atoms with Crippen LogP contribution in [0.15, 0.2) is 23.4 Å². The summed E-state index contributed by atoms with van der Waals surface area (Å²) in [5.41, 5.74) is 3.67. The lowest BCUT2D eigenvalue weighted by atomic mass is 10.1. The number of H-pyrrole nitrogens is 1. The zero-order valence-corrected chi connectivity index (χ0v) is 13.9. The summed E-state index contributed by atoms with van der Waals surface area (Å²) in [6, 6.07) is 6.24. The van der Waals surface area contributed by atoms with E-state index in [1.165, 1.54) is 42.2 Å². The van der Waals surface area contributed by atoms with Crippen LogP contribution in [0.1, 0.15) is 49.1 Å². The molecule has 0 bridgehead atoms. The third kappa shape index (κ3) is 3.27. The van der Waals surface area contributed by atoms with Gasteiger partial charge in [-0.2, -0.15) is 0 Å². The van der Waals surface area contributed by atoms with E-state index in [9.17, 15) is 4.79 Å². The van der Waals surface area contributed by atoms with Crippen molar-refractivity contribution in [2.45, 2.75) is 55.4 Å². The molecular weight excluding hydrogens is 308 g/mol. The van der Waals surface area contributed by atoms with E-state index in [0.717, 1.165) is 24.4 Å². The van der Waals surface area contributed by atoms with Crippen LogP contribution in [0.2, 0.25) is 0 Å². The predicted octanol–water partition coefficient (Wildman–Crippen LogP) is 3.29. The molecule has 1 aromatic heterocycles. The lowest BCUT2D eigenvalue weighted by Crippen LogP contribution is -2.22. The molecule has 1 aromatic carbocycles. The smallest absolute Gasteiger partial charge is 0.237 e. The molecule has 1 saturated carbocycles. The maximum atomic E-state index is 12.4. The number of thioether (sulfide) groups is 1. The van der Waals surface area contributed by atoms with Crippen molar-refractivity contribution in [2.75, 3.05) is 5.32 Å². The van der Waals surface area contributed by atoms with Gasteiger partial charge in [-0.25, -0.2) is 4.98 Å². The van der Waals surface area contributed by atoms with E-state index in [-0.39, 0.29) is 11.2 Å². The maximum absolute atomic E-state index is 12.4. The van der Waals surface area contributed by atoms with Crippen molar-refractivity contribution in [3.05, 3.63) is 35.2 Å². The molecule has 23 heavy (non-hydrogen) atoms. The number of rotatable bonds is 5. The van der Waals surface area contributed by atoms with Crippen LogP contribution >= 0.6 is 11.8 Å². The monoisotopic (exact) mass is 328 g/mol. The molecule has 2 aromatic rings. The molecule has 1 amide bonds. The maximum Gasteiger partial charge on any atom is 0.237 e. The summed E-state index contributed by atoms with van der Waals surface area (Å²) in [7, 11) is 0. The minimum Gasteiger partial charge on any atom is -0.325 e. The minimum atomic E-state index is -0.230. The number of anilines is 1. The van der Waals surface area contributed by atoms with Crippen LogP contribution in [-0.4, -0.2) is 26.3 Å². The first-order valence-electron chi connectivity index (χ1n) is 8.20. The first-order chi connectivity index (χ1) is 11.2. The third-order valence-electron chi connectivity index (χ3n) is 4.46. The molecule has 2 aliphatic carbocycles. The van der Waals surface area contributed by atoms with Crippen molar-refractivity contribution in [3.8, 4) is 0 Å². The fourth-order valence-corrected chi connectivity index (χ4v) is 3.69. The van der Waals surface area contributed by atoms with Gasteiger partial charge < -0.3 is 5.32 Å². The number of nitrogens with zero attached hydrogens (tertiary/aromatic N) is 2. The molecule has 4 rings (SSSR count). The number of hydrogen-bond donors (Lipinski definition) is 2. The van der Waals surface area contributed by atoms with Gasteiger partial charge in [0.25, 0.3) is 0 Å². The van der Waals surface area contributed by atoms with Crippen molar-refractivity contribution in [1.82, 2.24) is 15.2 Å². The van der Waals surface area contributed by atoms with Crippen LogP contribution in [0, 0.1) is 0 Å². The average molecular weight is 328 g/mol. The number of aromatic amines is 1. The molecule has 0 saturated heterocycles. The number of carbonyl (C=O) groups excluding carboxylic acids is 1. The van der Waals surface area contributed by atoms with E-state index in [4.69, 9.17) is 0 Å². The zero-order valence-electron chi connectivity index (χ0n) is 13.1. The molecule has 120 valence electrons. The standard InChI is InChI=1S/C17H20N4OS/c1-10(23-17-19-15(20-21-17)12-5-6-12)16(22)18-14-8-7-11-3-2-4-13(11)9-14/h7-10,12H,2-6H2,1H3,(H,18,22)(H,19,20,21)/t10-/m1/s1. The van der Waals surface area contributed by atoms with E-state index in [1.54, 1.807) is 0 Å². The van der Waals surface area contributed by atoms with Gasteiger partial charge in [0.15, 0.2) is 0 Å². The molecule has 5 nitrogen and oxygen atoms in total. The predicted molar refractivity (Wildman–Crippen MR) is 90.8 cm³/mol. The molecule has 6 heteroatoms. The SMILES string of the molecule is C[C@@H](Sc1n[nH]c(C2CC2)n1)C(=O)Nc1ccc2c(c1)CCC2. The van der Waals surface area contributed by atoms with Gasteiger partial charge in [0.05, 0.1) is 5.25 Å².